The Kier molecular flexibility index (Phi) is 3.39. The van der Waals surface area contributed by atoms with Gasteiger partial charge in [0, 0.05) is 11.6 Å². The SMILES string of the molecule is c1cnc2c(OCC3OCCCO3)cccc2c1. The lowest BCUT2D eigenvalue weighted by molar-refractivity contribution is -0.190. The normalized spacial score (nSPS) is 16.9. The molecule has 1 aromatic heterocycles. The van der Waals surface area contributed by atoms with Crippen LogP contribution in [0.4, 0.5) is 0 Å². The van der Waals surface area contributed by atoms with E-state index in [1.165, 1.54) is 0 Å². The lowest BCUT2D eigenvalue weighted by atomic mass is 10.2. The van der Waals surface area contributed by atoms with Crippen LogP contribution in [0.25, 0.3) is 10.9 Å². The van der Waals surface area contributed by atoms with E-state index in [4.69, 9.17) is 14.2 Å². The number of ether oxygens (including phenoxy) is 3. The van der Waals surface area contributed by atoms with E-state index in [2.05, 4.69) is 4.98 Å². The summed E-state index contributed by atoms with van der Waals surface area (Å²) >= 11 is 0. The monoisotopic (exact) mass is 245 g/mol. The molecule has 1 aliphatic rings. The lowest BCUT2D eigenvalue weighted by Crippen LogP contribution is -2.30. The Bertz CT molecular complexity index is 518. The third-order valence-corrected chi connectivity index (χ3v) is 2.87. The Morgan fingerprint density at radius 3 is 2.89 bits per heavy atom. The van der Waals surface area contributed by atoms with Crippen LogP contribution in [0.15, 0.2) is 36.5 Å². The van der Waals surface area contributed by atoms with Gasteiger partial charge in [-0.05, 0) is 18.6 Å². The molecule has 0 N–H and O–H groups in total. The number of hydrogen-bond acceptors (Lipinski definition) is 4. The average Bonchev–Trinajstić information content (AvgIpc) is 2.46. The highest BCUT2D eigenvalue weighted by molar-refractivity contribution is 5.84. The van der Waals surface area contributed by atoms with Crippen LogP contribution in [-0.2, 0) is 9.47 Å². The van der Waals surface area contributed by atoms with Gasteiger partial charge in [-0.25, -0.2) is 0 Å². The van der Waals surface area contributed by atoms with Crippen molar-refractivity contribution in [1.82, 2.24) is 4.98 Å². The molecule has 4 heteroatoms. The zero-order chi connectivity index (χ0) is 12.2. The summed E-state index contributed by atoms with van der Waals surface area (Å²) in [6, 6.07) is 9.82. The maximum absolute atomic E-state index is 5.75. The van der Waals surface area contributed by atoms with Crippen LogP contribution >= 0.6 is 0 Å². The summed E-state index contributed by atoms with van der Waals surface area (Å²) in [6.07, 6.45) is 2.45. The molecular weight excluding hydrogens is 230 g/mol. The maximum Gasteiger partial charge on any atom is 0.191 e. The smallest absolute Gasteiger partial charge is 0.191 e. The number of benzene rings is 1. The van der Waals surface area contributed by atoms with Gasteiger partial charge in [0.15, 0.2) is 6.29 Å². The second-order valence-corrected chi connectivity index (χ2v) is 4.17. The minimum absolute atomic E-state index is 0.266. The molecular formula is C14H15NO3. The van der Waals surface area contributed by atoms with Crippen molar-refractivity contribution in [2.24, 2.45) is 0 Å². The molecule has 0 unspecified atom stereocenters. The maximum atomic E-state index is 5.75. The molecule has 0 saturated carbocycles. The van der Waals surface area contributed by atoms with Gasteiger partial charge in [0.1, 0.15) is 17.9 Å². The molecule has 0 atom stereocenters. The molecule has 18 heavy (non-hydrogen) atoms. The molecule has 2 aromatic rings. The zero-order valence-electron chi connectivity index (χ0n) is 10.0. The summed E-state index contributed by atoms with van der Waals surface area (Å²) in [4.78, 5) is 4.34. The van der Waals surface area contributed by atoms with Crippen molar-refractivity contribution in [3.05, 3.63) is 36.5 Å². The third-order valence-electron chi connectivity index (χ3n) is 2.87. The van der Waals surface area contributed by atoms with Crippen LogP contribution in [0.2, 0.25) is 0 Å². The minimum atomic E-state index is -0.266. The average molecular weight is 245 g/mol. The predicted molar refractivity (Wildman–Crippen MR) is 67.5 cm³/mol. The Morgan fingerprint density at radius 2 is 2.00 bits per heavy atom. The van der Waals surface area contributed by atoms with E-state index in [-0.39, 0.29) is 6.29 Å². The van der Waals surface area contributed by atoms with Crippen molar-refractivity contribution in [1.29, 1.82) is 0 Å². The quantitative estimate of drug-likeness (QED) is 0.832. The highest BCUT2D eigenvalue weighted by atomic mass is 16.7. The molecule has 0 radical (unpaired) electrons. The van der Waals surface area contributed by atoms with Gasteiger partial charge in [0.25, 0.3) is 0 Å². The summed E-state index contributed by atoms with van der Waals surface area (Å²) in [5.41, 5.74) is 0.871. The van der Waals surface area contributed by atoms with Gasteiger partial charge in [-0.2, -0.15) is 0 Å². The fourth-order valence-electron chi connectivity index (χ4n) is 1.98. The summed E-state index contributed by atoms with van der Waals surface area (Å²) in [7, 11) is 0. The molecule has 0 amide bonds. The zero-order valence-corrected chi connectivity index (χ0v) is 10.0. The summed E-state index contributed by atoms with van der Waals surface area (Å²) < 4.78 is 16.6. The Hall–Kier alpha value is -1.65. The first-order valence-corrected chi connectivity index (χ1v) is 6.13. The molecule has 1 fully saturated rings. The van der Waals surface area contributed by atoms with Crippen LogP contribution in [0, 0.1) is 0 Å². The molecule has 1 saturated heterocycles. The molecule has 0 spiro atoms. The highest BCUT2D eigenvalue weighted by Crippen LogP contribution is 2.23. The first-order chi connectivity index (χ1) is 8.93. The number of nitrogens with zero attached hydrogens (tertiary/aromatic N) is 1. The van der Waals surface area contributed by atoms with Crippen LogP contribution in [0.3, 0.4) is 0 Å². The first-order valence-electron chi connectivity index (χ1n) is 6.13. The van der Waals surface area contributed by atoms with Crippen LogP contribution < -0.4 is 4.74 Å². The van der Waals surface area contributed by atoms with E-state index < -0.39 is 0 Å². The molecule has 1 aliphatic heterocycles. The summed E-state index contributed by atoms with van der Waals surface area (Å²) in [6.45, 7) is 1.87. The van der Waals surface area contributed by atoms with Gasteiger partial charge in [0.2, 0.25) is 0 Å². The molecule has 3 rings (SSSR count). The van der Waals surface area contributed by atoms with Gasteiger partial charge < -0.3 is 14.2 Å². The molecule has 0 bridgehead atoms. The number of pyridine rings is 1. The van der Waals surface area contributed by atoms with Crippen molar-refractivity contribution < 1.29 is 14.2 Å². The van der Waals surface area contributed by atoms with Crippen LogP contribution in [-0.4, -0.2) is 31.1 Å². The van der Waals surface area contributed by atoms with Crippen LogP contribution in [0.1, 0.15) is 6.42 Å². The van der Waals surface area contributed by atoms with Gasteiger partial charge in [0.05, 0.1) is 13.2 Å². The topological polar surface area (TPSA) is 40.6 Å². The number of hydrogen-bond donors (Lipinski definition) is 0. The van der Waals surface area contributed by atoms with E-state index in [1.807, 2.05) is 30.3 Å². The fraction of sp³-hybridized carbons (Fsp3) is 0.357. The highest BCUT2D eigenvalue weighted by Gasteiger charge is 2.15. The van der Waals surface area contributed by atoms with E-state index in [1.54, 1.807) is 6.20 Å². The second-order valence-electron chi connectivity index (χ2n) is 4.17. The Morgan fingerprint density at radius 1 is 1.17 bits per heavy atom. The Labute approximate surface area is 105 Å². The molecule has 2 heterocycles. The van der Waals surface area contributed by atoms with Gasteiger partial charge >= 0.3 is 0 Å². The number of aromatic nitrogens is 1. The van der Waals surface area contributed by atoms with Gasteiger partial charge in [-0.1, -0.05) is 18.2 Å². The Balaban J connectivity index is 1.74. The van der Waals surface area contributed by atoms with E-state index in [0.29, 0.717) is 6.61 Å². The lowest BCUT2D eigenvalue weighted by Gasteiger charge is -2.23. The number of rotatable bonds is 3. The fourth-order valence-corrected chi connectivity index (χ4v) is 1.98. The van der Waals surface area contributed by atoms with E-state index >= 15 is 0 Å². The second kappa shape index (κ2) is 5.33. The third kappa shape index (κ3) is 2.44. The van der Waals surface area contributed by atoms with E-state index in [0.717, 1.165) is 36.3 Å². The summed E-state index contributed by atoms with van der Waals surface area (Å²) in [5, 5.41) is 1.07. The minimum Gasteiger partial charge on any atom is -0.486 e. The largest absolute Gasteiger partial charge is 0.486 e. The van der Waals surface area contributed by atoms with Crippen molar-refractivity contribution >= 4 is 10.9 Å². The van der Waals surface area contributed by atoms with Crippen molar-refractivity contribution in [3.63, 3.8) is 0 Å². The van der Waals surface area contributed by atoms with Crippen molar-refractivity contribution in [2.75, 3.05) is 19.8 Å². The van der Waals surface area contributed by atoms with Gasteiger partial charge in [-0.3, -0.25) is 4.98 Å². The van der Waals surface area contributed by atoms with E-state index in [9.17, 15) is 0 Å². The standard InChI is InChI=1S/C14H15NO3/c1-4-11-5-2-7-15-14(11)12(6-1)18-10-13-16-8-3-9-17-13/h1-2,4-7,13H,3,8-10H2. The molecule has 4 nitrogen and oxygen atoms in total. The van der Waals surface area contributed by atoms with Gasteiger partial charge in [-0.15, -0.1) is 0 Å². The molecule has 1 aromatic carbocycles. The first kappa shape index (κ1) is 11.4. The molecule has 94 valence electrons. The predicted octanol–water partition coefficient (Wildman–Crippen LogP) is 2.38. The number of para-hydroxylation sites is 1. The van der Waals surface area contributed by atoms with Crippen molar-refractivity contribution in [2.45, 2.75) is 12.7 Å². The number of fused-ring (bicyclic) bond motifs is 1. The molecule has 0 aliphatic carbocycles. The van der Waals surface area contributed by atoms with Crippen molar-refractivity contribution in [3.8, 4) is 5.75 Å². The van der Waals surface area contributed by atoms with Crippen LogP contribution in [0.5, 0.6) is 5.75 Å². The summed E-state index contributed by atoms with van der Waals surface area (Å²) in [5.74, 6) is 0.769.